The molecule has 0 aliphatic carbocycles. The van der Waals surface area contributed by atoms with Gasteiger partial charge in [0.2, 0.25) is 11.7 Å². The van der Waals surface area contributed by atoms with Gasteiger partial charge in [-0.05, 0) is 17.7 Å². The van der Waals surface area contributed by atoms with Gasteiger partial charge in [-0.1, -0.05) is 24.3 Å². The van der Waals surface area contributed by atoms with Crippen LogP contribution in [-0.2, 0) is 6.54 Å². The van der Waals surface area contributed by atoms with Crippen molar-refractivity contribution in [1.29, 1.82) is 0 Å². The zero-order chi connectivity index (χ0) is 18.1. The largest absolute Gasteiger partial charge is 0.433 e. The van der Waals surface area contributed by atoms with Gasteiger partial charge in [-0.3, -0.25) is 14.9 Å². The maximum atomic E-state index is 12.4. The van der Waals surface area contributed by atoms with Crippen molar-refractivity contribution in [3.63, 3.8) is 0 Å². The Labute approximate surface area is 146 Å². The van der Waals surface area contributed by atoms with Gasteiger partial charge < -0.3 is 9.32 Å². The highest BCUT2D eigenvalue weighted by atomic mass is 16.6. The molecule has 1 aromatic carbocycles. The first-order valence-corrected chi connectivity index (χ1v) is 7.63. The molecule has 0 spiro atoms. The molecule has 0 N–H and O–H groups in total. The van der Waals surface area contributed by atoms with E-state index in [2.05, 4.69) is 15.0 Å². The van der Waals surface area contributed by atoms with Crippen LogP contribution in [0.15, 0.2) is 68.1 Å². The first-order valence-electron chi connectivity index (χ1n) is 7.63. The summed E-state index contributed by atoms with van der Waals surface area (Å²) >= 11 is 0. The summed E-state index contributed by atoms with van der Waals surface area (Å²) in [5, 5.41) is 10.7. The molecule has 128 valence electrons. The normalized spacial score (nSPS) is 16.7. The highest BCUT2D eigenvalue weighted by Crippen LogP contribution is 2.21. The second kappa shape index (κ2) is 6.20. The van der Waals surface area contributed by atoms with Crippen LogP contribution in [0.25, 0.3) is 0 Å². The molecule has 9 heteroatoms. The van der Waals surface area contributed by atoms with Gasteiger partial charge in [-0.25, -0.2) is 4.99 Å². The monoisotopic (exact) mass is 349 g/mol. The van der Waals surface area contributed by atoms with Crippen molar-refractivity contribution in [1.82, 2.24) is 4.90 Å². The molecule has 3 heterocycles. The van der Waals surface area contributed by atoms with Gasteiger partial charge in [0.15, 0.2) is 5.84 Å². The molecule has 0 saturated carbocycles. The van der Waals surface area contributed by atoms with E-state index < -0.39 is 16.7 Å². The predicted octanol–water partition coefficient (Wildman–Crippen LogP) is 2.54. The molecule has 0 radical (unpaired) electrons. The zero-order valence-electron chi connectivity index (χ0n) is 13.3. The molecule has 2 aliphatic heterocycles. The summed E-state index contributed by atoms with van der Waals surface area (Å²) in [5.41, 5.74) is 1.61. The molecule has 9 nitrogen and oxygen atoms in total. The van der Waals surface area contributed by atoms with E-state index in [0.717, 1.165) is 11.6 Å². The average Bonchev–Trinajstić information content (AvgIpc) is 3.08. The first kappa shape index (κ1) is 15.6. The molecule has 0 saturated heterocycles. The SMILES string of the molecule is O=C(N=C1N=C2N=CC=CN2Cc2ccccc21)c1ccc([N+](=O)[O-])o1. The van der Waals surface area contributed by atoms with Gasteiger partial charge in [0, 0.05) is 18.0 Å². The number of hydrogen-bond donors (Lipinski definition) is 0. The van der Waals surface area contributed by atoms with Crippen molar-refractivity contribution >= 4 is 29.8 Å². The number of amidine groups is 1. The van der Waals surface area contributed by atoms with E-state index in [9.17, 15) is 14.9 Å². The summed E-state index contributed by atoms with van der Waals surface area (Å²) in [6, 6.07) is 9.75. The maximum Gasteiger partial charge on any atom is 0.433 e. The van der Waals surface area contributed by atoms with Crippen LogP contribution in [0.1, 0.15) is 21.7 Å². The Bertz CT molecular complexity index is 1030. The molecule has 1 amide bonds. The fourth-order valence-corrected chi connectivity index (χ4v) is 2.60. The molecular formula is C17H11N5O4. The number of aliphatic imine (C=N–C) groups is 3. The lowest BCUT2D eigenvalue weighted by Crippen LogP contribution is -2.25. The minimum absolute atomic E-state index is 0.176. The van der Waals surface area contributed by atoms with Gasteiger partial charge in [0.25, 0.3) is 0 Å². The van der Waals surface area contributed by atoms with Crippen LogP contribution in [0.4, 0.5) is 5.88 Å². The fourth-order valence-electron chi connectivity index (χ4n) is 2.60. The summed E-state index contributed by atoms with van der Waals surface area (Å²) in [4.78, 5) is 36.8. The molecule has 0 unspecified atom stereocenters. The zero-order valence-corrected chi connectivity index (χ0v) is 13.3. The van der Waals surface area contributed by atoms with Crippen LogP contribution in [0.3, 0.4) is 0 Å². The van der Waals surface area contributed by atoms with Crippen LogP contribution >= 0.6 is 0 Å². The first-order chi connectivity index (χ1) is 12.6. The number of furan rings is 1. The van der Waals surface area contributed by atoms with Gasteiger partial charge in [-0.15, -0.1) is 0 Å². The van der Waals surface area contributed by atoms with E-state index in [4.69, 9.17) is 4.42 Å². The number of guanidine groups is 1. The van der Waals surface area contributed by atoms with Crippen molar-refractivity contribution in [2.45, 2.75) is 6.54 Å². The van der Waals surface area contributed by atoms with Gasteiger partial charge in [0.1, 0.15) is 4.92 Å². The Balaban J connectivity index is 1.78. The van der Waals surface area contributed by atoms with E-state index in [1.807, 2.05) is 35.4 Å². The molecule has 2 aliphatic rings. The maximum absolute atomic E-state index is 12.4. The third-order valence-corrected chi connectivity index (χ3v) is 3.79. The second-order valence-corrected chi connectivity index (χ2v) is 5.45. The van der Waals surface area contributed by atoms with Gasteiger partial charge in [0.05, 0.1) is 12.6 Å². The average molecular weight is 349 g/mol. The number of rotatable bonds is 2. The summed E-state index contributed by atoms with van der Waals surface area (Å²) in [7, 11) is 0. The number of amides is 1. The van der Waals surface area contributed by atoms with Crippen molar-refractivity contribution in [3.05, 3.63) is 75.7 Å². The Morgan fingerprint density at radius 1 is 1.27 bits per heavy atom. The minimum Gasteiger partial charge on any atom is -0.395 e. The Morgan fingerprint density at radius 3 is 2.92 bits per heavy atom. The summed E-state index contributed by atoms with van der Waals surface area (Å²) in [5.74, 6) is -0.921. The number of fused-ring (bicyclic) bond motifs is 2. The molecule has 4 rings (SSSR count). The topological polar surface area (TPSA) is 114 Å². The number of nitrogens with zero attached hydrogens (tertiary/aromatic N) is 5. The third kappa shape index (κ3) is 2.81. The molecule has 0 bridgehead atoms. The lowest BCUT2D eigenvalue weighted by Gasteiger charge is -2.19. The Hall–Kier alpha value is -3.88. The summed E-state index contributed by atoms with van der Waals surface area (Å²) in [6.07, 6.45) is 5.22. The Kier molecular flexibility index (Phi) is 3.73. The van der Waals surface area contributed by atoms with Crippen molar-refractivity contribution in [2.24, 2.45) is 15.0 Å². The minimum atomic E-state index is -0.754. The number of allylic oxidation sites excluding steroid dienone is 1. The molecular weight excluding hydrogens is 338 g/mol. The number of hydrogen-bond acceptors (Lipinski definition) is 6. The number of nitro groups is 1. The van der Waals surface area contributed by atoms with Crippen LogP contribution in [0, 0.1) is 10.1 Å². The van der Waals surface area contributed by atoms with Crippen molar-refractivity contribution in [2.75, 3.05) is 0 Å². The van der Waals surface area contributed by atoms with Crippen LogP contribution < -0.4 is 0 Å². The Morgan fingerprint density at radius 2 is 2.12 bits per heavy atom. The van der Waals surface area contributed by atoms with Crippen LogP contribution in [-0.4, -0.2) is 33.7 Å². The molecule has 26 heavy (non-hydrogen) atoms. The predicted molar refractivity (Wildman–Crippen MR) is 93.3 cm³/mol. The van der Waals surface area contributed by atoms with Gasteiger partial charge in [-0.2, -0.15) is 9.98 Å². The van der Waals surface area contributed by atoms with E-state index in [0.29, 0.717) is 18.1 Å². The number of carbonyl (C=O) groups is 1. The summed E-state index contributed by atoms with van der Waals surface area (Å²) in [6.45, 7) is 0.530. The van der Waals surface area contributed by atoms with E-state index in [-0.39, 0.29) is 11.6 Å². The lowest BCUT2D eigenvalue weighted by molar-refractivity contribution is -0.402. The molecule has 2 aromatic rings. The van der Waals surface area contributed by atoms with Crippen LogP contribution in [0.2, 0.25) is 0 Å². The second-order valence-electron chi connectivity index (χ2n) is 5.45. The van der Waals surface area contributed by atoms with Crippen molar-refractivity contribution in [3.8, 4) is 0 Å². The number of carbonyl (C=O) groups excluding carboxylic acids is 1. The van der Waals surface area contributed by atoms with E-state index in [1.165, 1.54) is 6.07 Å². The van der Waals surface area contributed by atoms with Crippen molar-refractivity contribution < 1.29 is 14.1 Å². The third-order valence-electron chi connectivity index (χ3n) is 3.79. The lowest BCUT2D eigenvalue weighted by atomic mass is 10.1. The standard InChI is InChI=1S/C17H11N5O4/c23-16(13-6-7-14(26-13)22(24)25)19-15-12-5-2-1-4-11(12)10-21-9-3-8-18-17(21)20-15/h1-9H,10H2. The highest BCUT2D eigenvalue weighted by molar-refractivity contribution is 6.14. The molecule has 0 atom stereocenters. The fraction of sp³-hybridized carbons (Fsp3) is 0.0588. The van der Waals surface area contributed by atoms with E-state index in [1.54, 1.807) is 12.3 Å². The van der Waals surface area contributed by atoms with E-state index >= 15 is 0 Å². The smallest absolute Gasteiger partial charge is 0.395 e. The highest BCUT2D eigenvalue weighted by Gasteiger charge is 2.23. The quantitative estimate of drug-likeness (QED) is 0.610. The molecule has 0 fully saturated rings. The summed E-state index contributed by atoms with van der Waals surface area (Å²) < 4.78 is 4.92. The van der Waals surface area contributed by atoms with Gasteiger partial charge >= 0.3 is 11.8 Å². The van der Waals surface area contributed by atoms with Crippen LogP contribution in [0.5, 0.6) is 0 Å². The molecule has 1 aromatic heterocycles. The number of benzene rings is 1.